The van der Waals surface area contributed by atoms with Crippen molar-refractivity contribution in [1.29, 1.82) is 0 Å². The van der Waals surface area contributed by atoms with Crippen LogP contribution in [0.15, 0.2) is 24.3 Å². The van der Waals surface area contributed by atoms with Crippen LogP contribution in [0.1, 0.15) is 31.1 Å². The summed E-state index contributed by atoms with van der Waals surface area (Å²) in [4.78, 5) is 12.2. The molecule has 106 valence electrons. The van der Waals surface area contributed by atoms with Crippen LogP contribution in [-0.4, -0.2) is 36.6 Å². The summed E-state index contributed by atoms with van der Waals surface area (Å²) in [6.45, 7) is 7.27. The Balaban J connectivity index is 2.68. The highest BCUT2D eigenvalue weighted by molar-refractivity contribution is 8.01. The molecule has 0 radical (unpaired) electrons. The van der Waals surface area contributed by atoms with Gasteiger partial charge in [-0.25, -0.2) is 0 Å². The normalized spacial score (nSPS) is 11.4. The molecule has 0 N–H and O–H groups in total. The molecule has 0 saturated heterocycles. The van der Waals surface area contributed by atoms with Gasteiger partial charge in [-0.05, 0) is 12.1 Å². The smallest absolute Gasteiger partial charge is 0.176 e. The number of hydrogen-bond donors (Lipinski definition) is 0. The van der Waals surface area contributed by atoms with Gasteiger partial charge >= 0.3 is 0 Å². The number of methoxy groups -OCH3 is 1. The average Bonchev–Trinajstić information content (AvgIpc) is 2.36. The molecule has 0 bridgehead atoms. The van der Waals surface area contributed by atoms with Crippen LogP contribution in [0.5, 0.6) is 5.75 Å². The molecular formula is C15H22O3S. The van der Waals surface area contributed by atoms with Gasteiger partial charge in [0.1, 0.15) is 12.4 Å². The Morgan fingerprint density at radius 2 is 1.89 bits per heavy atom. The number of carbonyl (C=O) groups is 1. The van der Waals surface area contributed by atoms with E-state index in [-0.39, 0.29) is 10.5 Å². The van der Waals surface area contributed by atoms with E-state index in [0.717, 1.165) is 0 Å². The second kappa shape index (κ2) is 7.56. The van der Waals surface area contributed by atoms with E-state index < -0.39 is 0 Å². The third-order valence-corrected chi connectivity index (χ3v) is 3.64. The van der Waals surface area contributed by atoms with Crippen molar-refractivity contribution in [2.75, 3.05) is 26.1 Å². The SMILES string of the molecule is COCCOc1ccccc1C(=O)CSC(C)(C)C. The summed E-state index contributed by atoms with van der Waals surface area (Å²) in [5.74, 6) is 1.21. The number of rotatable bonds is 7. The average molecular weight is 282 g/mol. The van der Waals surface area contributed by atoms with E-state index in [1.165, 1.54) is 0 Å². The van der Waals surface area contributed by atoms with Gasteiger partial charge in [0.05, 0.1) is 17.9 Å². The monoisotopic (exact) mass is 282 g/mol. The maximum atomic E-state index is 12.2. The van der Waals surface area contributed by atoms with Gasteiger partial charge in [-0.15, -0.1) is 11.8 Å². The fourth-order valence-corrected chi connectivity index (χ4v) is 2.14. The van der Waals surface area contributed by atoms with E-state index in [0.29, 0.717) is 30.3 Å². The molecule has 3 nitrogen and oxygen atoms in total. The summed E-state index contributed by atoms with van der Waals surface area (Å²) in [5.41, 5.74) is 0.648. The Kier molecular flexibility index (Phi) is 6.38. The molecule has 1 rings (SSSR count). The Hall–Kier alpha value is -1.000. The first kappa shape index (κ1) is 16.1. The zero-order valence-electron chi connectivity index (χ0n) is 12.1. The van der Waals surface area contributed by atoms with E-state index in [9.17, 15) is 4.79 Å². The van der Waals surface area contributed by atoms with Crippen molar-refractivity contribution >= 4 is 17.5 Å². The van der Waals surface area contributed by atoms with Crippen molar-refractivity contribution < 1.29 is 14.3 Å². The lowest BCUT2D eigenvalue weighted by Gasteiger charge is -2.17. The molecule has 0 saturated carbocycles. The van der Waals surface area contributed by atoms with Gasteiger partial charge in [-0.3, -0.25) is 4.79 Å². The molecule has 19 heavy (non-hydrogen) atoms. The van der Waals surface area contributed by atoms with E-state index in [2.05, 4.69) is 20.8 Å². The Bertz CT molecular complexity index is 410. The van der Waals surface area contributed by atoms with E-state index >= 15 is 0 Å². The summed E-state index contributed by atoms with van der Waals surface area (Å²) in [6.07, 6.45) is 0. The van der Waals surface area contributed by atoms with Gasteiger partial charge in [0, 0.05) is 11.9 Å². The van der Waals surface area contributed by atoms with Crippen molar-refractivity contribution in [3.63, 3.8) is 0 Å². The molecular weight excluding hydrogens is 260 g/mol. The highest BCUT2D eigenvalue weighted by atomic mass is 32.2. The number of ether oxygens (including phenoxy) is 2. The predicted octanol–water partition coefficient (Wildman–Crippen LogP) is 3.43. The van der Waals surface area contributed by atoms with Crippen LogP contribution < -0.4 is 4.74 Å². The van der Waals surface area contributed by atoms with Gasteiger partial charge in [-0.1, -0.05) is 32.9 Å². The van der Waals surface area contributed by atoms with E-state index in [1.54, 1.807) is 18.9 Å². The molecule has 0 aromatic heterocycles. The van der Waals surface area contributed by atoms with Crippen molar-refractivity contribution in [2.45, 2.75) is 25.5 Å². The molecule has 0 fully saturated rings. The zero-order chi connectivity index (χ0) is 14.3. The molecule has 0 spiro atoms. The molecule has 1 aromatic carbocycles. The molecule has 4 heteroatoms. The summed E-state index contributed by atoms with van der Waals surface area (Å²) in [5, 5.41) is 0. The quantitative estimate of drug-likeness (QED) is 0.567. The summed E-state index contributed by atoms with van der Waals surface area (Å²) < 4.78 is 10.6. The zero-order valence-corrected chi connectivity index (χ0v) is 12.9. The molecule has 0 unspecified atom stereocenters. The van der Waals surface area contributed by atoms with Crippen LogP contribution in [0, 0.1) is 0 Å². The molecule has 1 aromatic rings. The van der Waals surface area contributed by atoms with E-state index in [4.69, 9.17) is 9.47 Å². The predicted molar refractivity (Wildman–Crippen MR) is 80.4 cm³/mol. The molecule has 0 amide bonds. The highest BCUT2D eigenvalue weighted by Gasteiger charge is 2.17. The highest BCUT2D eigenvalue weighted by Crippen LogP contribution is 2.26. The summed E-state index contributed by atoms with van der Waals surface area (Å²) in [7, 11) is 1.63. The first-order valence-electron chi connectivity index (χ1n) is 6.32. The Morgan fingerprint density at radius 1 is 1.21 bits per heavy atom. The van der Waals surface area contributed by atoms with Crippen molar-refractivity contribution in [3.05, 3.63) is 29.8 Å². The van der Waals surface area contributed by atoms with Crippen molar-refractivity contribution in [2.24, 2.45) is 0 Å². The first-order chi connectivity index (χ1) is 8.94. The summed E-state index contributed by atoms with van der Waals surface area (Å²) in [6, 6.07) is 7.37. The fraction of sp³-hybridized carbons (Fsp3) is 0.533. The van der Waals surface area contributed by atoms with Crippen molar-refractivity contribution in [3.8, 4) is 5.75 Å². The standard InChI is InChI=1S/C15H22O3S/c1-15(2,3)19-11-13(16)12-7-5-6-8-14(12)18-10-9-17-4/h5-8H,9-11H2,1-4H3. The third-order valence-electron chi connectivity index (χ3n) is 2.37. The van der Waals surface area contributed by atoms with Gasteiger partial charge in [0.2, 0.25) is 0 Å². The molecule has 0 aliphatic carbocycles. The van der Waals surface area contributed by atoms with E-state index in [1.807, 2.05) is 24.3 Å². The van der Waals surface area contributed by atoms with Crippen LogP contribution in [-0.2, 0) is 4.74 Å². The number of thioether (sulfide) groups is 1. The minimum Gasteiger partial charge on any atom is -0.490 e. The first-order valence-corrected chi connectivity index (χ1v) is 7.30. The summed E-state index contributed by atoms with van der Waals surface area (Å²) >= 11 is 1.64. The molecule has 0 heterocycles. The van der Waals surface area contributed by atoms with Crippen LogP contribution in [0.4, 0.5) is 0 Å². The topological polar surface area (TPSA) is 35.5 Å². The van der Waals surface area contributed by atoms with Crippen molar-refractivity contribution in [1.82, 2.24) is 0 Å². The lowest BCUT2D eigenvalue weighted by Crippen LogP contribution is -2.14. The Labute approximate surface area is 119 Å². The maximum Gasteiger partial charge on any atom is 0.176 e. The minimum atomic E-state index is 0.0848. The van der Waals surface area contributed by atoms with Crippen LogP contribution in [0.25, 0.3) is 0 Å². The van der Waals surface area contributed by atoms with Crippen LogP contribution in [0.3, 0.4) is 0 Å². The minimum absolute atomic E-state index is 0.0848. The van der Waals surface area contributed by atoms with Gasteiger partial charge in [0.25, 0.3) is 0 Å². The Morgan fingerprint density at radius 3 is 2.53 bits per heavy atom. The number of carbonyl (C=O) groups excluding carboxylic acids is 1. The van der Waals surface area contributed by atoms with Crippen LogP contribution in [0.2, 0.25) is 0 Å². The van der Waals surface area contributed by atoms with Gasteiger partial charge in [0.15, 0.2) is 5.78 Å². The fourth-order valence-electron chi connectivity index (χ4n) is 1.42. The molecule has 0 aliphatic rings. The lowest BCUT2D eigenvalue weighted by atomic mass is 10.1. The van der Waals surface area contributed by atoms with Crippen LogP contribution >= 0.6 is 11.8 Å². The maximum absolute atomic E-state index is 12.2. The largest absolute Gasteiger partial charge is 0.490 e. The lowest BCUT2D eigenvalue weighted by molar-refractivity contribution is 0.101. The van der Waals surface area contributed by atoms with Gasteiger partial charge in [-0.2, -0.15) is 0 Å². The third kappa shape index (κ3) is 6.12. The number of benzene rings is 1. The molecule has 0 atom stereocenters. The second-order valence-electron chi connectivity index (χ2n) is 5.16. The number of Topliss-reactive ketones (excluding diaryl/α,β-unsaturated/α-hetero) is 1. The molecule has 0 aliphatic heterocycles. The number of hydrogen-bond acceptors (Lipinski definition) is 4. The van der Waals surface area contributed by atoms with Gasteiger partial charge < -0.3 is 9.47 Å². The number of ketones is 1. The second-order valence-corrected chi connectivity index (χ2v) is 6.96. The number of para-hydroxylation sites is 1.